The van der Waals surface area contributed by atoms with Gasteiger partial charge in [-0.3, -0.25) is 4.79 Å². The van der Waals surface area contributed by atoms with Gasteiger partial charge in [-0.1, -0.05) is 6.92 Å². The molecule has 46 heavy (non-hydrogen) atoms. The molecule has 4 heterocycles. The Morgan fingerprint density at radius 3 is 2.48 bits per heavy atom. The van der Waals surface area contributed by atoms with Crippen LogP contribution in [0.15, 0.2) is 18.2 Å². The van der Waals surface area contributed by atoms with Crippen LogP contribution in [-0.2, 0) is 15.9 Å². The molecule has 0 saturated carbocycles. The van der Waals surface area contributed by atoms with E-state index in [2.05, 4.69) is 25.8 Å². The van der Waals surface area contributed by atoms with E-state index in [0.717, 1.165) is 57.5 Å². The SMILES string of the molecule is CCc1nc(C(N)=O)c(Nc2ccc(N3CCC(C4CNCCN4C(=O)OC(C)(C)C)CC3)c(OC)c2)nc1NC1CCOCC1. The number of methoxy groups -OCH3 is 1. The van der Waals surface area contributed by atoms with Crippen LogP contribution in [0.1, 0.15) is 69.6 Å². The van der Waals surface area contributed by atoms with E-state index in [4.69, 9.17) is 24.9 Å². The number of rotatable bonds is 9. The molecule has 3 aliphatic rings. The average molecular weight is 639 g/mol. The van der Waals surface area contributed by atoms with Gasteiger partial charge in [0.2, 0.25) is 0 Å². The monoisotopic (exact) mass is 638 g/mol. The smallest absolute Gasteiger partial charge is 0.410 e. The minimum absolute atomic E-state index is 0.0946. The van der Waals surface area contributed by atoms with Crippen molar-refractivity contribution in [2.75, 3.05) is 68.6 Å². The third kappa shape index (κ3) is 8.11. The van der Waals surface area contributed by atoms with Crippen LogP contribution < -0.4 is 31.3 Å². The number of aromatic nitrogens is 2. The summed E-state index contributed by atoms with van der Waals surface area (Å²) in [6, 6.07) is 6.20. The van der Waals surface area contributed by atoms with Gasteiger partial charge in [-0.2, -0.15) is 0 Å². The van der Waals surface area contributed by atoms with Crippen molar-refractivity contribution in [1.82, 2.24) is 20.2 Å². The predicted molar refractivity (Wildman–Crippen MR) is 178 cm³/mol. The van der Waals surface area contributed by atoms with E-state index >= 15 is 0 Å². The number of amides is 2. The topological polar surface area (TPSA) is 156 Å². The van der Waals surface area contributed by atoms with Gasteiger partial charge >= 0.3 is 6.09 Å². The van der Waals surface area contributed by atoms with E-state index in [1.807, 2.05) is 50.8 Å². The largest absolute Gasteiger partial charge is 0.495 e. The molecule has 5 N–H and O–H groups in total. The molecule has 0 radical (unpaired) electrons. The highest BCUT2D eigenvalue weighted by molar-refractivity contribution is 5.96. The Morgan fingerprint density at radius 2 is 1.83 bits per heavy atom. The fourth-order valence-electron chi connectivity index (χ4n) is 6.50. The lowest BCUT2D eigenvalue weighted by Gasteiger charge is -2.44. The summed E-state index contributed by atoms with van der Waals surface area (Å²) in [5.41, 5.74) is 7.70. The van der Waals surface area contributed by atoms with Gasteiger partial charge in [-0.25, -0.2) is 14.8 Å². The van der Waals surface area contributed by atoms with E-state index in [1.54, 1.807) is 7.11 Å². The van der Waals surface area contributed by atoms with Crippen LogP contribution in [0, 0.1) is 5.92 Å². The Labute approximate surface area is 271 Å². The Balaban J connectivity index is 1.29. The van der Waals surface area contributed by atoms with Crippen molar-refractivity contribution < 1.29 is 23.8 Å². The van der Waals surface area contributed by atoms with Gasteiger partial charge in [0.1, 0.15) is 11.4 Å². The fourth-order valence-corrected chi connectivity index (χ4v) is 6.50. The summed E-state index contributed by atoms with van der Waals surface area (Å²) >= 11 is 0. The maximum Gasteiger partial charge on any atom is 0.410 e. The molecular weight excluding hydrogens is 588 g/mol. The number of anilines is 4. The van der Waals surface area contributed by atoms with Gasteiger partial charge in [0.25, 0.3) is 5.91 Å². The molecule has 0 spiro atoms. The Morgan fingerprint density at radius 1 is 1.09 bits per heavy atom. The number of nitrogens with one attached hydrogen (secondary N) is 3. The second-order valence-corrected chi connectivity index (χ2v) is 13.2. The molecule has 2 amide bonds. The summed E-state index contributed by atoms with van der Waals surface area (Å²) in [5.74, 6) is 1.37. The van der Waals surface area contributed by atoms with Gasteiger partial charge in [0, 0.05) is 63.7 Å². The first-order valence-electron chi connectivity index (χ1n) is 16.5. The summed E-state index contributed by atoms with van der Waals surface area (Å²) in [5, 5.41) is 10.2. The number of nitrogens with two attached hydrogens (primary N) is 1. The quantitative estimate of drug-likeness (QED) is 0.316. The van der Waals surface area contributed by atoms with Gasteiger partial charge in [-0.15, -0.1) is 0 Å². The molecule has 0 bridgehead atoms. The second-order valence-electron chi connectivity index (χ2n) is 13.2. The molecule has 1 aromatic heterocycles. The zero-order valence-electron chi connectivity index (χ0n) is 27.9. The number of aryl methyl sites for hydroxylation is 1. The molecule has 2 aromatic rings. The highest BCUT2D eigenvalue weighted by atomic mass is 16.6. The number of primary amides is 1. The predicted octanol–water partition coefficient (Wildman–Crippen LogP) is 3.91. The lowest BCUT2D eigenvalue weighted by atomic mass is 9.87. The van der Waals surface area contributed by atoms with Crippen molar-refractivity contribution >= 4 is 35.0 Å². The third-order valence-electron chi connectivity index (χ3n) is 8.88. The third-order valence-corrected chi connectivity index (χ3v) is 8.88. The van der Waals surface area contributed by atoms with Crippen LogP contribution in [0.25, 0.3) is 0 Å². The van der Waals surface area contributed by atoms with Gasteiger partial charge in [0.15, 0.2) is 17.3 Å². The van der Waals surface area contributed by atoms with Gasteiger partial charge < -0.3 is 45.7 Å². The van der Waals surface area contributed by atoms with Crippen LogP contribution in [0.3, 0.4) is 0 Å². The highest BCUT2D eigenvalue weighted by Crippen LogP contribution is 2.36. The molecular formula is C33H50N8O5. The summed E-state index contributed by atoms with van der Waals surface area (Å²) in [4.78, 5) is 39.0. The van der Waals surface area contributed by atoms with Crippen molar-refractivity contribution in [1.29, 1.82) is 0 Å². The van der Waals surface area contributed by atoms with E-state index < -0.39 is 11.5 Å². The molecule has 0 aliphatic carbocycles. The number of carbonyl (C=O) groups is 2. The Hall–Kier alpha value is -3.84. The number of piperazine rings is 1. The van der Waals surface area contributed by atoms with Crippen molar-refractivity contribution in [2.45, 2.75) is 77.5 Å². The van der Waals surface area contributed by atoms with E-state index in [9.17, 15) is 9.59 Å². The normalized spacial score (nSPS) is 19.9. The first-order valence-corrected chi connectivity index (χ1v) is 16.5. The molecule has 5 rings (SSSR count). The van der Waals surface area contributed by atoms with E-state index in [0.29, 0.717) is 60.9 Å². The summed E-state index contributed by atoms with van der Waals surface area (Å²) in [7, 11) is 1.66. The number of ether oxygens (including phenoxy) is 3. The summed E-state index contributed by atoms with van der Waals surface area (Å²) in [6.45, 7) is 13.0. The lowest BCUT2D eigenvalue weighted by Crippen LogP contribution is -2.58. The number of piperidine rings is 1. The van der Waals surface area contributed by atoms with Crippen LogP contribution in [-0.4, -0.2) is 97.6 Å². The Bertz CT molecular complexity index is 1370. The van der Waals surface area contributed by atoms with Crippen molar-refractivity contribution in [2.24, 2.45) is 11.7 Å². The van der Waals surface area contributed by atoms with E-state index in [-0.39, 0.29) is 23.9 Å². The molecule has 13 heteroatoms. The fraction of sp³-hybridized carbons (Fsp3) is 0.636. The van der Waals surface area contributed by atoms with Crippen LogP contribution in [0.2, 0.25) is 0 Å². The van der Waals surface area contributed by atoms with E-state index in [1.165, 1.54) is 0 Å². The van der Waals surface area contributed by atoms with Crippen LogP contribution >= 0.6 is 0 Å². The Kier molecular flexibility index (Phi) is 10.7. The number of hydrogen-bond acceptors (Lipinski definition) is 11. The standard InChI is InChI=1S/C33H50N8O5/c1-6-24-30(36-22-11-17-45-18-12-22)39-31(28(38-24)29(34)42)37-23-7-8-25(27(19-23)44-5)40-14-9-21(10-15-40)26-20-35-13-16-41(26)32(43)46-33(2,3)4/h7-8,19,21-22,26,35H,6,9-18,20H2,1-5H3,(H2,34,42)(H2,36,37,39). The molecule has 3 fully saturated rings. The first kappa shape index (κ1) is 33.5. The van der Waals surface area contributed by atoms with Crippen LogP contribution in [0.4, 0.5) is 27.8 Å². The van der Waals surface area contributed by atoms with Crippen molar-refractivity contribution in [3.8, 4) is 5.75 Å². The number of carbonyl (C=O) groups excluding carboxylic acids is 2. The molecule has 252 valence electrons. The van der Waals surface area contributed by atoms with Crippen LogP contribution in [0.5, 0.6) is 5.75 Å². The molecule has 1 unspecified atom stereocenters. The van der Waals surface area contributed by atoms with Gasteiger partial charge in [0.05, 0.1) is 24.5 Å². The zero-order valence-corrected chi connectivity index (χ0v) is 27.9. The minimum Gasteiger partial charge on any atom is -0.495 e. The summed E-state index contributed by atoms with van der Waals surface area (Å²) in [6.07, 6.45) is 4.01. The number of hydrogen-bond donors (Lipinski definition) is 4. The van der Waals surface area contributed by atoms with Gasteiger partial charge in [-0.05, 0) is 70.9 Å². The summed E-state index contributed by atoms with van der Waals surface area (Å²) < 4.78 is 17.1. The molecule has 1 aromatic carbocycles. The number of benzene rings is 1. The highest BCUT2D eigenvalue weighted by Gasteiger charge is 2.37. The molecule has 1 atom stereocenters. The lowest BCUT2D eigenvalue weighted by molar-refractivity contribution is 0.00256. The minimum atomic E-state index is -0.646. The van der Waals surface area contributed by atoms with Crippen molar-refractivity contribution in [3.05, 3.63) is 29.6 Å². The number of nitrogens with zero attached hydrogens (tertiary/aromatic N) is 4. The molecule has 3 saturated heterocycles. The second kappa shape index (κ2) is 14.7. The van der Waals surface area contributed by atoms with Crippen molar-refractivity contribution in [3.63, 3.8) is 0 Å². The zero-order chi connectivity index (χ0) is 32.8. The maximum atomic E-state index is 13.0. The molecule has 3 aliphatic heterocycles. The average Bonchev–Trinajstić information content (AvgIpc) is 3.04. The first-order chi connectivity index (χ1) is 22.1. The molecule has 13 nitrogen and oxygen atoms in total. The maximum absolute atomic E-state index is 13.0.